The van der Waals surface area contributed by atoms with Crippen LogP contribution in [0.5, 0.6) is 0 Å². The zero-order chi connectivity index (χ0) is 10.6. The third-order valence-electron chi connectivity index (χ3n) is 3.70. The lowest BCUT2D eigenvalue weighted by molar-refractivity contribution is 0.0817. The highest BCUT2D eigenvalue weighted by molar-refractivity contribution is 4.83. The number of hydrogen-bond donors (Lipinski definition) is 2. The monoisotopic (exact) mass is 199 g/mol. The van der Waals surface area contributed by atoms with E-state index in [0.717, 1.165) is 12.8 Å². The van der Waals surface area contributed by atoms with Crippen molar-refractivity contribution in [3.05, 3.63) is 0 Å². The van der Waals surface area contributed by atoms with Crippen LogP contribution in [0.3, 0.4) is 0 Å². The average Bonchev–Trinajstić information content (AvgIpc) is 2.20. The quantitative estimate of drug-likeness (QED) is 0.728. The number of hydrogen-bond acceptors (Lipinski definition) is 2. The molecular weight excluding hydrogens is 174 g/mol. The van der Waals surface area contributed by atoms with Crippen molar-refractivity contribution in [2.45, 2.75) is 71.1 Å². The SMILES string of the molecule is CC[C@@H](C)[C@@H](C)N[C@@H]1CCCC[C@@H]1O. The number of nitrogens with one attached hydrogen (secondary N) is 1. The molecule has 1 aliphatic rings. The second-order valence-electron chi connectivity index (χ2n) is 4.80. The molecule has 0 aromatic heterocycles. The van der Waals surface area contributed by atoms with Gasteiger partial charge in [0.05, 0.1) is 6.10 Å². The summed E-state index contributed by atoms with van der Waals surface area (Å²) in [6, 6.07) is 0.866. The summed E-state index contributed by atoms with van der Waals surface area (Å²) in [6.45, 7) is 6.72. The molecule has 1 fully saturated rings. The third-order valence-corrected chi connectivity index (χ3v) is 3.70. The fraction of sp³-hybridized carbons (Fsp3) is 1.00. The Morgan fingerprint density at radius 2 is 1.93 bits per heavy atom. The van der Waals surface area contributed by atoms with Crippen LogP contribution in [0.1, 0.15) is 52.9 Å². The summed E-state index contributed by atoms with van der Waals surface area (Å²) in [4.78, 5) is 0. The first kappa shape index (κ1) is 12.0. The Morgan fingerprint density at radius 3 is 2.50 bits per heavy atom. The van der Waals surface area contributed by atoms with E-state index in [2.05, 4.69) is 26.1 Å². The van der Waals surface area contributed by atoms with Crippen molar-refractivity contribution in [3.63, 3.8) is 0 Å². The van der Waals surface area contributed by atoms with Gasteiger partial charge in [0.25, 0.3) is 0 Å². The molecule has 14 heavy (non-hydrogen) atoms. The smallest absolute Gasteiger partial charge is 0.0693 e. The number of aliphatic hydroxyl groups excluding tert-OH is 1. The molecule has 0 radical (unpaired) electrons. The molecule has 0 aromatic rings. The van der Waals surface area contributed by atoms with E-state index in [1.165, 1.54) is 19.3 Å². The van der Waals surface area contributed by atoms with Gasteiger partial charge in [0.15, 0.2) is 0 Å². The summed E-state index contributed by atoms with van der Waals surface area (Å²) in [5, 5.41) is 13.4. The Kier molecular flexibility index (Phi) is 4.90. The van der Waals surface area contributed by atoms with Gasteiger partial charge < -0.3 is 10.4 Å². The molecule has 2 heteroatoms. The highest BCUT2D eigenvalue weighted by Gasteiger charge is 2.25. The maximum atomic E-state index is 9.81. The van der Waals surface area contributed by atoms with E-state index in [-0.39, 0.29) is 6.10 Å². The molecule has 2 nitrogen and oxygen atoms in total. The van der Waals surface area contributed by atoms with Crippen LogP contribution >= 0.6 is 0 Å². The van der Waals surface area contributed by atoms with Crippen LogP contribution in [-0.4, -0.2) is 23.3 Å². The van der Waals surface area contributed by atoms with Crippen LogP contribution < -0.4 is 5.32 Å². The van der Waals surface area contributed by atoms with Crippen molar-refractivity contribution in [3.8, 4) is 0 Å². The first-order valence-corrected chi connectivity index (χ1v) is 6.09. The molecule has 1 saturated carbocycles. The Morgan fingerprint density at radius 1 is 1.29 bits per heavy atom. The fourth-order valence-electron chi connectivity index (χ4n) is 2.16. The van der Waals surface area contributed by atoms with Crippen molar-refractivity contribution in [2.75, 3.05) is 0 Å². The van der Waals surface area contributed by atoms with Gasteiger partial charge >= 0.3 is 0 Å². The van der Waals surface area contributed by atoms with Crippen LogP contribution in [0.2, 0.25) is 0 Å². The summed E-state index contributed by atoms with van der Waals surface area (Å²) in [7, 11) is 0. The van der Waals surface area contributed by atoms with Gasteiger partial charge in [-0.05, 0) is 25.7 Å². The highest BCUT2D eigenvalue weighted by atomic mass is 16.3. The topological polar surface area (TPSA) is 32.3 Å². The summed E-state index contributed by atoms with van der Waals surface area (Å²) >= 11 is 0. The zero-order valence-corrected chi connectivity index (χ0v) is 9.79. The maximum Gasteiger partial charge on any atom is 0.0693 e. The van der Waals surface area contributed by atoms with Crippen LogP contribution in [0.15, 0.2) is 0 Å². The minimum Gasteiger partial charge on any atom is -0.392 e. The van der Waals surface area contributed by atoms with E-state index in [0.29, 0.717) is 18.0 Å². The van der Waals surface area contributed by atoms with Gasteiger partial charge in [-0.2, -0.15) is 0 Å². The average molecular weight is 199 g/mol. The lowest BCUT2D eigenvalue weighted by atomic mass is 9.90. The molecule has 0 aromatic carbocycles. The van der Waals surface area contributed by atoms with Gasteiger partial charge in [-0.3, -0.25) is 0 Å². The molecule has 4 atom stereocenters. The third kappa shape index (κ3) is 3.25. The Hall–Kier alpha value is -0.0800. The maximum absolute atomic E-state index is 9.81. The van der Waals surface area contributed by atoms with Crippen molar-refractivity contribution in [1.82, 2.24) is 5.32 Å². The van der Waals surface area contributed by atoms with Gasteiger partial charge in [-0.15, -0.1) is 0 Å². The number of aliphatic hydroxyl groups is 1. The summed E-state index contributed by atoms with van der Waals surface area (Å²) < 4.78 is 0. The molecule has 0 amide bonds. The van der Waals surface area contributed by atoms with E-state index in [1.54, 1.807) is 0 Å². The predicted molar refractivity (Wildman–Crippen MR) is 60.3 cm³/mol. The lowest BCUT2D eigenvalue weighted by Gasteiger charge is -2.33. The van der Waals surface area contributed by atoms with Crippen LogP contribution in [0, 0.1) is 5.92 Å². The minimum absolute atomic E-state index is 0.116. The lowest BCUT2D eigenvalue weighted by Crippen LogP contribution is -2.47. The predicted octanol–water partition coefficient (Wildman–Crippen LogP) is 2.31. The van der Waals surface area contributed by atoms with E-state index >= 15 is 0 Å². The molecule has 0 heterocycles. The van der Waals surface area contributed by atoms with Crippen LogP contribution in [-0.2, 0) is 0 Å². The Bertz CT molecular complexity index is 160. The van der Waals surface area contributed by atoms with Crippen molar-refractivity contribution in [1.29, 1.82) is 0 Å². The molecular formula is C12H25NO. The van der Waals surface area contributed by atoms with Gasteiger partial charge in [0, 0.05) is 12.1 Å². The molecule has 0 bridgehead atoms. The summed E-state index contributed by atoms with van der Waals surface area (Å²) in [5.74, 6) is 0.698. The minimum atomic E-state index is -0.116. The Labute approximate surface area is 88.1 Å². The van der Waals surface area contributed by atoms with E-state index in [9.17, 15) is 5.11 Å². The second-order valence-corrected chi connectivity index (χ2v) is 4.80. The molecule has 2 N–H and O–H groups in total. The molecule has 0 aliphatic heterocycles. The van der Waals surface area contributed by atoms with Crippen LogP contribution in [0.25, 0.3) is 0 Å². The largest absolute Gasteiger partial charge is 0.392 e. The van der Waals surface area contributed by atoms with E-state index in [1.807, 2.05) is 0 Å². The van der Waals surface area contributed by atoms with Crippen molar-refractivity contribution in [2.24, 2.45) is 5.92 Å². The van der Waals surface area contributed by atoms with Gasteiger partial charge in [-0.1, -0.05) is 33.1 Å². The second kappa shape index (κ2) is 5.72. The molecule has 0 unspecified atom stereocenters. The van der Waals surface area contributed by atoms with Crippen molar-refractivity contribution >= 4 is 0 Å². The first-order chi connectivity index (χ1) is 6.65. The standard InChI is InChI=1S/C12H25NO/c1-4-9(2)10(3)13-11-7-5-6-8-12(11)14/h9-14H,4-8H2,1-3H3/t9-,10-,11-,12+/m1/s1. The van der Waals surface area contributed by atoms with Gasteiger partial charge in [0.1, 0.15) is 0 Å². The summed E-state index contributed by atoms with van der Waals surface area (Å²) in [5.41, 5.74) is 0. The highest BCUT2D eigenvalue weighted by Crippen LogP contribution is 2.20. The molecule has 1 aliphatic carbocycles. The molecule has 84 valence electrons. The van der Waals surface area contributed by atoms with E-state index in [4.69, 9.17) is 0 Å². The van der Waals surface area contributed by atoms with Crippen molar-refractivity contribution < 1.29 is 5.11 Å². The molecule has 0 saturated heterocycles. The number of rotatable bonds is 4. The molecule has 1 rings (SSSR count). The van der Waals surface area contributed by atoms with Gasteiger partial charge in [0.2, 0.25) is 0 Å². The molecule has 0 spiro atoms. The van der Waals surface area contributed by atoms with Gasteiger partial charge in [-0.25, -0.2) is 0 Å². The first-order valence-electron chi connectivity index (χ1n) is 6.09. The summed E-state index contributed by atoms with van der Waals surface area (Å²) in [6.07, 6.45) is 5.67. The Balaban J connectivity index is 2.34. The van der Waals surface area contributed by atoms with Crippen LogP contribution in [0.4, 0.5) is 0 Å². The zero-order valence-electron chi connectivity index (χ0n) is 9.79. The van der Waals surface area contributed by atoms with E-state index < -0.39 is 0 Å². The fourth-order valence-corrected chi connectivity index (χ4v) is 2.16. The normalized spacial score (nSPS) is 32.6.